The zero-order chi connectivity index (χ0) is 24.6. The van der Waals surface area contributed by atoms with E-state index in [1.54, 1.807) is 24.3 Å². The van der Waals surface area contributed by atoms with E-state index in [2.05, 4.69) is 32.6 Å². The number of amides is 2. The van der Waals surface area contributed by atoms with Gasteiger partial charge in [0.15, 0.2) is 0 Å². The Labute approximate surface area is 203 Å². The first-order chi connectivity index (χ1) is 17.0. The highest BCUT2D eigenvalue weighted by atomic mass is 16.5. The molecule has 0 bridgehead atoms. The van der Waals surface area contributed by atoms with Gasteiger partial charge in [-0.2, -0.15) is 0 Å². The molecule has 8 heteroatoms. The van der Waals surface area contributed by atoms with Gasteiger partial charge in [-0.1, -0.05) is 18.2 Å². The lowest BCUT2D eigenvalue weighted by Crippen LogP contribution is -2.41. The van der Waals surface area contributed by atoms with Crippen LogP contribution in [0, 0.1) is 0 Å². The van der Waals surface area contributed by atoms with Gasteiger partial charge in [0.05, 0.1) is 12.7 Å². The molecule has 3 aromatic rings. The molecule has 1 heterocycles. The Balaban J connectivity index is 1.24. The summed E-state index contributed by atoms with van der Waals surface area (Å²) in [6, 6.07) is 23.1. The van der Waals surface area contributed by atoms with Crippen LogP contribution in [0.3, 0.4) is 0 Å². The Morgan fingerprint density at radius 1 is 0.743 bits per heavy atom. The van der Waals surface area contributed by atoms with Crippen molar-refractivity contribution >= 4 is 23.5 Å². The van der Waals surface area contributed by atoms with Gasteiger partial charge in [0.1, 0.15) is 11.9 Å². The second-order valence-electron chi connectivity index (χ2n) is 8.14. The van der Waals surface area contributed by atoms with Crippen molar-refractivity contribution in [1.82, 2.24) is 10.9 Å². The maximum atomic E-state index is 12.4. The van der Waals surface area contributed by atoms with Gasteiger partial charge < -0.3 is 14.4 Å². The molecule has 0 saturated carbocycles. The summed E-state index contributed by atoms with van der Waals surface area (Å²) in [5.74, 6) is -0.742. The fourth-order valence-electron chi connectivity index (χ4n) is 3.88. The molecular formula is C27H27N3O5. The topological polar surface area (TPSA) is 97.0 Å². The number of hydrazine groups is 1. The minimum atomic E-state index is -0.503. The zero-order valence-corrected chi connectivity index (χ0v) is 19.4. The molecule has 1 aliphatic rings. The molecule has 8 nitrogen and oxygen atoms in total. The Bertz CT molecular complexity index is 1160. The second-order valence-corrected chi connectivity index (χ2v) is 8.14. The van der Waals surface area contributed by atoms with Gasteiger partial charge >= 0.3 is 5.97 Å². The number of methoxy groups -OCH3 is 1. The number of carbonyl (C=O) groups is 3. The summed E-state index contributed by atoms with van der Waals surface area (Å²) in [6.45, 7) is 1.86. The number of nitrogens with zero attached hydrogens (tertiary/aromatic N) is 1. The summed E-state index contributed by atoms with van der Waals surface area (Å²) in [4.78, 5) is 38.5. The minimum absolute atomic E-state index is 0.125. The van der Waals surface area contributed by atoms with Crippen LogP contribution in [0.4, 0.5) is 5.69 Å². The number of carbonyl (C=O) groups excluding carboxylic acids is 3. The standard InChI is InChI=1S/C27H27N3O5/c1-34-27(33)21-9-7-19(8-10-21)25(31)28-29-26(32)20-11-13-23(14-12-20)35-24-15-17-30(18-16-24)22-5-3-2-4-6-22/h2-14,24H,15-18H2,1H3,(H,28,31)(H,29,32). The molecule has 0 radical (unpaired) electrons. The van der Waals surface area contributed by atoms with Crippen LogP contribution in [0.25, 0.3) is 0 Å². The molecule has 2 N–H and O–H groups in total. The van der Waals surface area contributed by atoms with Crippen molar-refractivity contribution in [3.63, 3.8) is 0 Å². The molecule has 4 rings (SSSR count). The normalized spacial score (nSPS) is 13.6. The number of hydrogen-bond donors (Lipinski definition) is 2. The van der Waals surface area contributed by atoms with E-state index in [1.807, 2.05) is 18.2 Å². The number of esters is 1. The van der Waals surface area contributed by atoms with Crippen LogP contribution in [0.1, 0.15) is 43.9 Å². The Hall–Kier alpha value is -4.33. The van der Waals surface area contributed by atoms with E-state index in [1.165, 1.54) is 37.1 Å². The van der Waals surface area contributed by atoms with Crippen LogP contribution in [-0.2, 0) is 4.74 Å². The van der Waals surface area contributed by atoms with E-state index >= 15 is 0 Å². The van der Waals surface area contributed by atoms with Crippen LogP contribution in [0.5, 0.6) is 5.75 Å². The summed E-state index contributed by atoms with van der Waals surface area (Å²) < 4.78 is 10.7. The van der Waals surface area contributed by atoms with Crippen LogP contribution < -0.4 is 20.5 Å². The fourth-order valence-corrected chi connectivity index (χ4v) is 3.88. The number of hydrogen-bond acceptors (Lipinski definition) is 6. The molecule has 0 atom stereocenters. The molecule has 2 amide bonds. The van der Waals surface area contributed by atoms with E-state index in [4.69, 9.17) is 4.74 Å². The highest BCUT2D eigenvalue weighted by Gasteiger charge is 2.21. The van der Waals surface area contributed by atoms with E-state index in [9.17, 15) is 14.4 Å². The van der Waals surface area contributed by atoms with Crippen molar-refractivity contribution in [3.05, 3.63) is 95.6 Å². The van der Waals surface area contributed by atoms with Gasteiger partial charge in [-0.05, 0) is 60.7 Å². The molecule has 3 aromatic carbocycles. The molecule has 1 aliphatic heterocycles. The number of anilines is 1. The molecule has 1 fully saturated rings. The van der Waals surface area contributed by atoms with E-state index in [-0.39, 0.29) is 6.10 Å². The van der Waals surface area contributed by atoms with E-state index < -0.39 is 17.8 Å². The monoisotopic (exact) mass is 473 g/mol. The maximum absolute atomic E-state index is 12.4. The van der Waals surface area contributed by atoms with Crippen molar-refractivity contribution in [2.45, 2.75) is 18.9 Å². The van der Waals surface area contributed by atoms with E-state index in [0.29, 0.717) is 22.4 Å². The number of para-hydroxylation sites is 1. The smallest absolute Gasteiger partial charge is 0.337 e. The predicted octanol–water partition coefficient (Wildman–Crippen LogP) is 3.60. The average molecular weight is 474 g/mol. The minimum Gasteiger partial charge on any atom is -0.490 e. The second kappa shape index (κ2) is 11.2. The maximum Gasteiger partial charge on any atom is 0.337 e. The van der Waals surface area contributed by atoms with Gasteiger partial charge in [0.2, 0.25) is 0 Å². The SMILES string of the molecule is COC(=O)c1ccc(C(=O)NNC(=O)c2ccc(OC3CCN(c4ccccc4)CC3)cc2)cc1. The summed E-state index contributed by atoms with van der Waals surface area (Å²) >= 11 is 0. The van der Waals surface area contributed by atoms with Crippen LogP contribution in [0.15, 0.2) is 78.9 Å². The summed E-state index contributed by atoms with van der Waals surface area (Å²) in [6.07, 6.45) is 1.97. The van der Waals surface area contributed by atoms with Crippen molar-refractivity contribution in [3.8, 4) is 5.75 Å². The summed E-state index contributed by atoms with van der Waals surface area (Å²) in [5.41, 5.74) is 7.00. The first-order valence-electron chi connectivity index (χ1n) is 11.4. The Morgan fingerprint density at radius 2 is 1.26 bits per heavy atom. The number of nitrogens with one attached hydrogen (secondary N) is 2. The largest absolute Gasteiger partial charge is 0.490 e. The third kappa shape index (κ3) is 6.17. The molecular weight excluding hydrogens is 446 g/mol. The Kier molecular flexibility index (Phi) is 7.62. The summed E-state index contributed by atoms with van der Waals surface area (Å²) in [7, 11) is 1.28. The highest BCUT2D eigenvalue weighted by Crippen LogP contribution is 2.23. The first-order valence-corrected chi connectivity index (χ1v) is 11.4. The third-order valence-corrected chi connectivity index (χ3v) is 5.84. The highest BCUT2D eigenvalue weighted by molar-refractivity contribution is 5.99. The molecule has 0 unspecified atom stereocenters. The number of rotatable bonds is 6. The van der Waals surface area contributed by atoms with Crippen LogP contribution >= 0.6 is 0 Å². The molecule has 0 spiro atoms. The van der Waals surface area contributed by atoms with Crippen molar-refractivity contribution < 1.29 is 23.9 Å². The van der Waals surface area contributed by atoms with Crippen LogP contribution in [-0.4, -0.2) is 44.1 Å². The fraction of sp³-hybridized carbons (Fsp3) is 0.222. The summed E-state index contributed by atoms with van der Waals surface area (Å²) in [5, 5.41) is 0. The molecule has 0 aromatic heterocycles. The number of benzene rings is 3. The van der Waals surface area contributed by atoms with Crippen molar-refractivity contribution in [2.24, 2.45) is 0 Å². The lowest BCUT2D eigenvalue weighted by atomic mass is 10.1. The van der Waals surface area contributed by atoms with Gasteiger partial charge in [-0.15, -0.1) is 0 Å². The van der Waals surface area contributed by atoms with Crippen molar-refractivity contribution in [1.29, 1.82) is 0 Å². The van der Waals surface area contributed by atoms with Crippen molar-refractivity contribution in [2.75, 3.05) is 25.1 Å². The lowest BCUT2D eigenvalue weighted by molar-refractivity contribution is 0.0600. The molecule has 0 aliphatic carbocycles. The van der Waals surface area contributed by atoms with Gasteiger partial charge in [-0.3, -0.25) is 20.4 Å². The molecule has 180 valence electrons. The Morgan fingerprint density at radius 3 is 1.80 bits per heavy atom. The van der Waals surface area contributed by atoms with E-state index in [0.717, 1.165) is 25.9 Å². The zero-order valence-electron chi connectivity index (χ0n) is 19.4. The average Bonchev–Trinajstić information content (AvgIpc) is 2.92. The number of ether oxygens (including phenoxy) is 2. The predicted molar refractivity (Wildman–Crippen MR) is 131 cm³/mol. The van der Waals surface area contributed by atoms with Gasteiger partial charge in [0.25, 0.3) is 11.8 Å². The number of piperidine rings is 1. The third-order valence-electron chi connectivity index (χ3n) is 5.84. The van der Waals surface area contributed by atoms with Crippen LogP contribution in [0.2, 0.25) is 0 Å². The van der Waals surface area contributed by atoms with Gasteiger partial charge in [0, 0.05) is 42.7 Å². The first kappa shape index (κ1) is 23.8. The molecule has 1 saturated heterocycles. The quantitative estimate of drug-likeness (QED) is 0.420. The molecule has 35 heavy (non-hydrogen) atoms. The van der Waals surface area contributed by atoms with Gasteiger partial charge in [-0.25, -0.2) is 4.79 Å². The lowest BCUT2D eigenvalue weighted by Gasteiger charge is -2.33.